The third kappa shape index (κ3) is 3.79. The third-order valence-corrected chi connectivity index (χ3v) is 5.05. The number of nitrogens with zero attached hydrogens (tertiary/aromatic N) is 1. The van der Waals surface area contributed by atoms with Crippen LogP contribution >= 0.6 is 0 Å². The number of furan rings is 1. The number of hydrogen-bond acceptors (Lipinski definition) is 3. The highest BCUT2D eigenvalue weighted by Gasteiger charge is 2.24. The van der Waals surface area contributed by atoms with E-state index in [1.54, 1.807) is 12.3 Å². The van der Waals surface area contributed by atoms with Crippen LogP contribution < -0.4 is 10.2 Å². The van der Waals surface area contributed by atoms with E-state index < -0.39 is 11.6 Å². The number of halogens is 2. The summed E-state index contributed by atoms with van der Waals surface area (Å²) in [5, 5.41) is 3.94. The highest BCUT2D eigenvalue weighted by molar-refractivity contribution is 5.87. The highest BCUT2D eigenvalue weighted by atomic mass is 19.2. The summed E-state index contributed by atoms with van der Waals surface area (Å²) in [6.45, 7) is 2.03. The normalized spacial score (nSPS) is 16.8. The van der Waals surface area contributed by atoms with Gasteiger partial charge in [0.15, 0.2) is 11.6 Å². The van der Waals surface area contributed by atoms with Gasteiger partial charge in [-0.05, 0) is 30.5 Å². The molecule has 27 heavy (non-hydrogen) atoms. The first-order chi connectivity index (χ1) is 13.1. The van der Waals surface area contributed by atoms with Gasteiger partial charge in [-0.2, -0.15) is 0 Å². The number of hydrogen-bond donors (Lipinski definition) is 1. The molecule has 1 amide bonds. The van der Waals surface area contributed by atoms with Gasteiger partial charge in [0.1, 0.15) is 5.58 Å². The van der Waals surface area contributed by atoms with Crippen LogP contribution in [0.25, 0.3) is 11.0 Å². The van der Waals surface area contributed by atoms with Crippen molar-refractivity contribution in [3.8, 4) is 0 Å². The van der Waals surface area contributed by atoms with Gasteiger partial charge < -0.3 is 14.6 Å². The summed E-state index contributed by atoms with van der Waals surface area (Å²) in [5.41, 5.74) is 2.32. The molecule has 1 fully saturated rings. The second-order valence-corrected chi connectivity index (χ2v) is 6.94. The van der Waals surface area contributed by atoms with E-state index in [9.17, 15) is 13.6 Å². The molecule has 1 aliphatic rings. The molecule has 0 bridgehead atoms. The van der Waals surface area contributed by atoms with E-state index in [0.717, 1.165) is 35.6 Å². The Bertz CT molecular complexity index is 970. The Labute approximate surface area is 155 Å². The molecule has 0 spiro atoms. The highest BCUT2D eigenvalue weighted by Crippen LogP contribution is 2.25. The monoisotopic (exact) mass is 370 g/mol. The van der Waals surface area contributed by atoms with E-state index in [-0.39, 0.29) is 18.2 Å². The molecular formula is C21H20F2N2O2. The molecule has 1 unspecified atom stereocenters. The standard InChI is InChI=1S/C21H20F2N2O2/c22-18-6-5-16(10-19(18)23)25-8-7-14(12-25)11-24-21(26)9-15-13-27-20-4-2-1-3-17(15)20/h1-6,10,13-14H,7-9,11-12H2,(H,24,26). The first-order valence-electron chi connectivity index (χ1n) is 9.02. The van der Waals surface area contributed by atoms with Crippen LogP contribution in [0.1, 0.15) is 12.0 Å². The maximum atomic E-state index is 13.4. The smallest absolute Gasteiger partial charge is 0.224 e. The average Bonchev–Trinajstić information content (AvgIpc) is 3.30. The maximum absolute atomic E-state index is 13.4. The fraction of sp³-hybridized carbons (Fsp3) is 0.286. The number of rotatable bonds is 5. The third-order valence-electron chi connectivity index (χ3n) is 5.05. The van der Waals surface area contributed by atoms with Gasteiger partial charge in [0.25, 0.3) is 0 Å². The fourth-order valence-corrected chi connectivity index (χ4v) is 3.58. The Morgan fingerprint density at radius 3 is 2.89 bits per heavy atom. The SMILES string of the molecule is O=C(Cc1coc2ccccc12)NCC1CCN(c2ccc(F)c(F)c2)C1. The molecule has 1 aromatic heterocycles. The lowest BCUT2D eigenvalue weighted by Gasteiger charge is -2.19. The Kier molecular flexibility index (Phi) is 4.79. The van der Waals surface area contributed by atoms with Gasteiger partial charge in [-0.3, -0.25) is 4.79 Å². The molecule has 6 heteroatoms. The van der Waals surface area contributed by atoms with Gasteiger partial charge in [0.05, 0.1) is 12.7 Å². The van der Waals surface area contributed by atoms with E-state index >= 15 is 0 Å². The minimum absolute atomic E-state index is 0.0483. The number of carbonyl (C=O) groups is 1. The number of benzene rings is 2. The molecule has 0 saturated carbocycles. The molecule has 1 atom stereocenters. The van der Waals surface area contributed by atoms with Crippen LogP contribution in [0, 0.1) is 17.6 Å². The number of amides is 1. The molecule has 4 nitrogen and oxygen atoms in total. The van der Waals surface area contributed by atoms with Gasteiger partial charge in [-0.1, -0.05) is 18.2 Å². The van der Waals surface area contributed by atoms with Crippen LogP contribution in [0.4, 0.5) is 14.5 Å². The van der Waals surface area contributed by atoms with Crippen LogP contribution in [-0.4, -0.2) is 25.5 Å². The first-order valence-corrected chi connectivity index (χ1v) is 9.02. The van der Waals surface area contributed by atoms with Crippen molar-refractivity contribution in [2.45, 2.75) is 12.8 Å². The molecule has 2 heterocycles. The number of nitrogens with one attached hydrogen (secondary N) is 1. The molecule has 1 N–H and O–H groups in total. The molecule has 0 radical (unpaired) electrons. The molecule has 4 rings (SSSR count). The Hall–Kier alpha value is -2.89. The van der Waals surface area contributed by atoms with E-state index in [0.29, 0.717) is 18.8 Å². The quantitative estimate of drug-likeness (QED) is 0.741. The van der Waals surface area contributed by atoms with Crippen molar-refractivity contribution in [3.63, 3.8) is 0 Å². The maximum Gasteiger partial charge on any atom is 0.224 e. The van der Waals surface area contributed by atoms with Crippen molar-refractivity contribution in [1.29, 1.82) is 0 Å². The van der Waals surface area contributed by atoms with E-state index in [1.165, 1.54) is 6.07 Å². The summed E-state index contributed by atoms with van der Waals surface area (Å²) in [5.74, 6) is -1.44. The lowest BCUT2D eigenvalue weighted by atomic mass is 10.1. The van der Waals surface area contributed by atoms with Crippen molar-refractivity contribution in [3.05, 3.63) is 65.9 Å². The summed E-state index contributed by atoms with van der Waals surface area (Å²) in [6, 6.07) is 11.6. The molecule has 3 aromatic rings. The van der Waals surface area contributed by atoms with Crippen molar-refractivity contribution in [2.24, 2.45) is 5.92 Å². The van der Waals surface area contributed by atoms with Crippen LogP contribution in [0.3, 0.4) is 0 Å². The average molecular weight is 370 g/mol. The van der Waals surface area contributed by atoms with Crippen LogP contribution in [-0.2, 0) is 11.2 Å². The zero-order valence-corrected chi connectivity index (χ0v) is 14.8. The van der Waals surface area contributed by atoms with E-state index in [4.69, 9.17) is 4.42 Å². The van der Waals surface area contributed by atoms with Crippen molar-refractivity contribution in [1.82, 2.24) is 5.32 Å². The zero-order valence-electron chi connectivity index (χ0n) is 14.8. The Morgan fingerprint density at radius 2 is 2.04 bits per heavy atom. The number of anilines is 1. The second-order valence-electron chi connectivity index (χ2n) is 6.94. The van der Waals surface area contributed by atoms with Crippen molar-refractivity contribution < 1.29 is 18.0 Å². The van der Waals surface area contributed by atoms with Gasteiger partial charge >= 0.3 is 0 Å². The van der Waals surface area contributed by atoms with Gasteiger partial charge in [-0.15, -0.1) is 0 Å². The van der Waals surface area contributed by atoms with Gasteiger partial charge in [0.2, 0.25) is 5.91 Å². The fourth-order valence-electron chi connectivity index (χ4n) is 3.58. The summed E-state index contributed by atoms with van der Waals surface area (Å²) < 4.78 is 32.0. The summed E-state index contributed by atoms with van der Waals surface area (Å²) in [7, 11) is 0. The minimum Gasteiger partial charge on any atom is -0.464 e. The van der Waals surface area contributed by atoms with Gasteiger partial charge in [0, 0.05) is 42.3 Å². The molecule has 1 aliphatic heterocycles. The molecule has 0 aliphatic carbocycles. The van der Waals surface area contributed by atoms with Crippen molar-refractivity contribution >= 4 is 22.6 Å². The number of para-hydroxylation sites is 1. The zero-order chi connectivity index (χ0) is 18.8. The van der Waals surface area contributed by atoms with E-state index in [1.807, 2.05) is 29.2 Å². The molecule has 2 aromatic carbocycles. The molecule has 140 valence electrons. The van der Waals surface area contributed by atoms with E-state index in [2.05, 4.69) is 5.32 Å². The van der Waals surface area contributed by atoms with Crippen LogP contribution in [0.15, 0.2) is 53.1 Å². The van der Waals surface area contributed by atoms with Crippen LogP contribution in [0.2, 0.25) is 0 Å². The number of fused-ring (bicyclic) bond motifs is 1. The Morgan fingerprint density at radius 1 is 1.19 bits per heavy atom. The summed E-state index contributed by atoms with van der Waals surface area (Å²) in [4.78, 5) is 14.3. The Balaban J connectivity index is 1.30. The largest absolute Gasteiger partial charge is 0.464 e. The topological polar surface area (TPSA) is 45.5 Å². The first kappa shape index (κ1) is 17.5. The lowest BCUT2D eigenvalue weighted by molar-refractivity contribution is -0.120. The molecule has 1 saturated heterocycles. The lowest BCUT2D eigenvalue weighted by Crippen LogP contribution is -2.32. The predicted octanol–water partition coefficient (Wildman–Crippen LogP) is 3.90. The van der Waals surface area contributed by atoms with Crippen molar-refractivity contribution in [2.75, 3.05) is 24.5 Å². The molecular weight excluding hydrogens is 350 g/mol. The number of carbonyl (C=O) groups excluding carboxylic acids is 1. The summed E-state index contributed by atoms with van der Waals surface area (Å²) in [6.07, 6.45) is 2.80. The van der Waals surface area contributed by atoms with Gasteiger partial charge in [-0.25, -0.2) is 8.78 Å². The van der Waals surface area contributed by atoms with Crippen LogP contribution in [0.5, 0.6) is 0 Å². The predicted molar refractivity (Wildman–Crippen MR) is 99.6 cm³/mol. The second kappa shape index (κ2) is 7.39. The summed E-state index contributed by atoms with van der Waals surface area (Å²) >= 11 is 0. The minimum atomic E-state index is -0.839.